The van der Waals surface area contributed by atoms with Crippen LogP contribution in [0.2, 0.25) is 0 Å². The average molecular weight is 305 g/mol. The van der Waals surface area contributed by atoms with Gasteiger partial charge in [-0.25, -0.2) is 0 Å². The molecule has 0 aliphatic heterocycles. The Morgan fingerprint density at radius 1 is 1.04 bits per heavy atom. The van der Waals surface area contributed by atoms with Gasteiger partial charge < -0.3 is 5.32 Å². The largest absolute Gasteiger partial charge is 0.394 e. The van der Waals surface area contributed by atoms with E-state index in [9.17, 15) is 0 Å². The fourth-order valence-corrected chi connectivity index (χ4v) is 2.82. The van der Waals surface area contributed by atoms with E-state index in [4.69, 9.17) is 0 Å². The Morgan fingerprint density at radius 3 is 2.26 bits per heavy atom. The van der Waals surface area contributed by atoms with E-state index in [0.717, 1.165) is 5.57 Å². The summed E-state index contributed by atoms with van der Waals surface area (Å²) in [5, 5.41) is 3.07. The van der Waals surface area contributed by atoms with Crippen LogP contribution >= 0.6 is 0 Å². The molecular formula is C22H27N. The van der Waals surface area contributed by atoms with Gasteiger partial charge in [-0.3, -0.25) is 0 Å². The lowest BCUT2D eigenvalue weighted by Gasteiger charge is -2.15. The maximum atomic E-state index is 4.39. The lowest BCUT2D eigenvalue weighted by molar-refractivity contribution is 0.866. The highest BCUT2D eigenvalue weighted by molar-refractivity contribution is 5.83. The Labute approximate surface area is 140 Å². The predicted molar refractivity (Wildman–Crippen MR) is 103 cm³/mol. The van der Waals surface area contributed by atoms with Gasteiger partial charge in [0.25, 0.3) is 0 Å². The van der Waals surface area contributed by atoms with Crippen molar-refractivity contribution in [2.75, 3.05) is 7.05 Å². The van der Waals surface area contributed by atoms with Crippen LogP contribution < -0.4 is 5.32 Å². The van der Waals surface area contributed by atoms with E-state index in [-0.39, 0.29) is 0 Å². The van der Waals surface area contributed by atoms with E-state index in [1.807, 2.05) is 13.2 Å². The highest BCUT2D eigenvalue weighted by Crippen LogP contribution is 2.30. The third-order valence-corrected chi connectivity index (χ3v) is 4.07. The van der Waals surface area contributed by atoms with E-state index < -0.39 is 0 Å². The Balaban J connectivity index is 2.55. The van der Waals surface area contributed by atoms with Crippen LogP contribution in [0.1, 0.15) is 53.1 Å². The zero-order valence-electron chi connectivity index (χ0n) is 14.9. The minimum absolute atomic E-state index is 0.503. The first-order chi connectivity index (χ1) is 10.9. The molecule has 1 nitrogen and oxygen atoms in total. The molecule has 1 N–H and O–H groups in total. The molecule has 23 heavy (non-hydrogen) atoms. The molecule has 0 spiro atoms. The standard InChI is InChI=1S/C22H27N/c1-15(2)20-8-7-19(9-10-23-6)22(14-20)18(5)21-12-16(3)11-17(4)13-21/h7-15,23H,5H2,1-4,6H3/b10-9-. The first-order valence-electron chi connectivity index (χ1n) is 8.18. The van der Waals surface area contributed by atoms with Crippen LogP contribution in [-0.2, 0) is 0 Å². The third kappa shape index (κ3) is 4.13. The average Bonchev–Trinajstić information content (AvgIpc) is 2.51. The monoisotopic (exact) mass is 305 g/mol. The Hall–Kier alpha value is -2.28. The minimum atomic E-state index is 0.503. The highest BCUT2D eigenvalue weighted by atomic mass is 14.8. The number of benzene rings is 2. The molecule has 120 valence electrons. The number of hydrogen-bond donors (Lipinski definition) is 1. The Morgan fingerprint density at radius 2 is 1.70 bits per heavy atom. The van der Waals surface area contributed by atoms with Crippen molar-refractivity contribution in [3.05, 3.63) is 82.6 Å². The summed E-state index contributed by atoms with van der Waals surface area (Å²) in [6.45, 7) is 13.1. The summed E-state index contributed by atoms with van der Waals surface area (Å²) < 4.78 is 0. The van der Waals surface area contributed by atoms with Crippen LogP contribution in [0.3, 0.4) is 0 Å². The van der Waals surface area contributed by atoms with E-state index >= 15 is 0 Å². The van der Waals surface area contributed by atoms with Gasteiger partial charge in [-0.2, -0.15) is 0 Å². The lowest BCUT2D eigenvalue weighted by atomic mass is 9.89. The molecule has 0 fully saturated rings. The molecule has 0 atom stereocenters. The first-order valence-corrected chi connectivity index (χ1v) is 8.18. The topological polar surface area (TPSA) is 12.0 Å². The predicted octanol–water partition coefficient (Wildman–Crippen LogP) is 5.68. The summed E-state index contributed by atoms with van der Waals surface area (Å²) in [6.07, 6.45) is 4.07. The Bertz CT molecular complexity index is 715. The summed E-state index contributed by atoms with van der Waals surface area (Å²) in [6, 6.07) is 13.3. The molecule has 2 aromatic carbocycles. The van der Waals surface area contributed by atoms with Gasteiger partial charge in [0.1, 0.15) is 0 Å². The number of rotatable bonds is 5. The van der Waals surface area contributed by atoms with Crippen molar-refractivity contribution in [1.29, 1.82) is 0 Å². The molecular weight excluding hydrogens is 278 g/mol. The van der Waals surface area contributed by atoms with Gasteiger partial charge in [-0.05, 0) is 59.9 Å². The summed E-state index contributed by atoms with van der Waals surface area (Å²) in [5.41, 5.74) is 8.55. The molecule has 0 heterocycles. The van der Waals surface area contributed by atoms with Crippen LogP contribution in [0.25, 0.3) is 11.6 Å². The second-order valence-electron chi connectivity index (χ2n) is 6.48. The first kappa shape index (κ1) is 17.1. The molecule has 0 saturated carbocycles. The van der Waals surface area contributed by atoms with Crippen LogP contribution in [0.5, 0.6) is 0 Å². The molecule has 0 radical (unpaired) electrons. The second kappa shape index (κ2) is 7.32. The van der Waals surface area contributed by atoms with Crippen molar-refractivity contribution in [3.8, 4) is 0 Å². The highest BCUT2D eigenvalue weighted by Gasteiger charge is 2.10. The molecule has 0 aromatic heterocycles. The van der Waals surface area contributed by atoms with Crippen molar-refractivity contribution >= 4 is 11.6 Å². The molecule has 0 saturated heterocycles. The lowest BCUT2D eigenvalue weighted by Crippen LogP contribution is -1.97. The van der Waals surface area contributed by atoms with E-state index in [0.29, 0.717) is 5.92 Å². The Kier molecular flexibility index (Phi) is 5.44. The summed E-state index contributed by atoms with van der Waals surface area (Å²) >= 11 is 0. The quantitative estimate of drug-likeness (QED) is 0.749. The molecule has 2 aromatic rings. The van der Waals surface area contributed by atoms with Crippen molar-refractivity contribution < 1.29 is 0 Å². The normalized spacial score (nSPS) is 11.2. The zero-order valence-corrected chi connectivity index (χ0v) is 14.9. The molecule has 1 heteroatoms. The van der Waals surface area contributed by atoms with Gasteiger partial charge in [-0.15, -0.1) is 0 Å². The van der Waals surface area contributed by atoms with Gasteiger partial charge >= 0.3 is 0 Å². The van der Waals surface area contributed by atoms with Gasteiger partial charge in [0.15, 0.2) is 0 Å². The number of nitrogens with one attached hydrogen (secondary N) is 1. The number of hydrogen-bond acceptors (Lipinski definition) is 1. The van der Waals surface area contributed by atoms with Crippen LogP contribution in [0.15, 0.2) is 49.2 Å². The van der Waals surface area contributed by atoms with Crippen molar-refractivity contribution in [2.45, 2.75) is 33.6 Å². The van der Waals surface area contributed by atoms with Crippen LogP contribution in [-0.4, -0.2) is 7.05 Å². The smallest absolute Gasteiger partial charge is 0.00277 e. The molecule has 0 aliphatic carbocycles. The van der Waals surface area contributed by atoms with Gasteiger partial charge in [-0.1, -0.05) is 68.0 Å². The molecule has 0 bridgehead atoms. The maximum absolute atomic E-state index is 4.39. The minimum Gasteiger partial charge on any atom is -0.394 e. The summed E-state index contributed by atoms with van der Waals surface area (Å²) in [5.74, 6) is 0.503. The molecule has 0 amide bonds. The molecule has 0 aliphatic rings. The fourth-order valence-electron chi connectivity index (χ4n) is 2.82. The van der Waals surface area contributed by atoms with E-state index in [1.54, 1.807) is 0 Å². The van der Waals surface area contributed by atoms with E-state index in [2.05, 4.69) is 82.1 Å². The summed E-state index contributed by atoms with van der Waals surface area (Å²) in [4.78, 5) is 0. The fraction of sp³-hybridized carbons (Fsp3) is 0.273. The number of aryl methyl sites for hydroxylation is 2. The van der Waals surface area contributed by atoms with Crippen LogP contribution in [0.4, 0.5) is 0 Å². The summed E-state index contributed by atoms with van der Waals surface area (Å²) in [7, 11) is 1.91. The maximum Gasteiger partial charge on any atom is 0.00277 e. The van der Waals surface area contributed by atoms with E-state index in [1.165, 1.54) is 33.4 Å². The second-order valence-corrected chi connectivity index (χ2v) is 6.48. The van der Waals surface area contributed by atoms with Gasteiger partial charge in [0.2, 0.25) is 0 Å². The van der Waals surface area contributed by atoms with Crippen molar-refractivity contribution in [2.24, 2.45) is 0 Å². The van der Waals surface area contributed by atoms with Crippen molar-refractivity contribution in [1.82, 2.24) is 5.32 Å². The molecule has 0 unspecified atom stereocenters. The SMILES string of the molecule is C=C(c1cc(C)cc(C)c1)c1cc(C(C)C)ccc1/C=C\NC. The molecule has 2 rings (SSSR count). The van der Waals surface area contributed by atoms with Crippen molar-refractivity contribution in [3.63, 3.8) is 0 Å². The van der Waals surface area contributed by atoms with Crippen LogP contribution in [0, 0.1) is 13.8 Å². The van der Waals surface area contributed by atoms with Gasteiger partial charge in [0, 0.05) is 7.05 Å². The zero-order chi connectivity index (χ0) is 17.0. The van der Waals surface area contributed by atoms with Gasteiger partial charge in [0.05, 0.1) is 0 Å². The third-order valence-electron chi connectivity index (χ3n) is 4.07.